The number of carbonyl (C=O) groups excluding carboxylic acids is 2. The second-order valence-corrected chi connectivity index (χ2v) is 8.31. The van der Waals surface area contributed by atoms with Crippen LogP contribution in [-0.4, -0.2) is 28.3 Å². The molecule has 1 N–H and O–H groups in total. The number of anilines is 1. The zero-order valence-corrected chi connectivity index (χ0v) is 19.9. The number of allylic oxidation sites excluding steroid dienone is 2. The molecule has 0 aliphatic carbocycles. The molecule has 1 unspecified atom stereocenters. The topological polar surface area (TPSA) is 73.2 Å². The Bertz CT molecular complexity index is 1260. The largest absolute Gasteiger partial charge is 0.463 e. The zero-order chi connectivity index (χ0) is 24.1. The summed E-state index contributed by atoms with van der Waals surface area (Å²) in [5.41, 5.74) is 3.59. The molecular weight excluding hydrogens is 450 g/mol. The number of aromatic nitrogens is 2. The van der Waals surface area contributed by atoms with Crippen LogP contribution < -0.4 is 5.32 Å². The number of rotatable bonds is 7. The van der Waals surface area contributed by atoms with Gasteiger partial charge in [0.05, 0.1) is 12.2 Å². The van der Waals surface area contributed by atoms with Crippen molar-refractivity contribution < 1.29 is 14.3 Å². The SMILES string of the molecule is CCCC1=C(C(=O)OCC)C(c2ccccc2Cl)c2cn(C(=O)C=Cc3ccccc3)nc2N1. The molecule has 3 aromatic rings. The first-order chi connectivity index (χ1) is 16.5. The third kappa shape index (κ3) is 4.82. The fourth-order valence-corrected chi connectivity index (χ4v) is 4.33. The van der Waals surface area contributed by atoms with Crippen LogP contribution in [-0.2, 0) is 9.53 Å². The van der Waals surface area contributed by atoms with Gasteiger partial charge in [-0.3, -0.25) is 4.79 Å². The second-order valence-electron chi connectivity index (χ2n) is 7.90. The third-order valence-corrected chi connectivity index (χ3v) is 5.94. The summed E-state index contributed by atoms with van der Waals surface area (Å²) in [5, 5.41) is 8.33. The van der Waals surface area contributed by atoms with Crippen molar-refractivity contribution in [3.05, 3.63) is 99.9 Å². The van der Waals surface area contributed by atoms with E-state index < -0.39 is 11.9 Å². The second kappa shape index (κ2) is 10.5. The van der Waals surface area contributed by atoms with Crippen LogP contribution in [0, 0.1) is 0 Å². The number of esters is 1. The van der Waals surface area contributed by atoms with Crippen LogP contribution in [0.1, 0.15) is 54.1 Å². The molecule has 0 saturated carbocycles. The van der Waals surface area contributed by atoms with E-state index in [0.717, 1.165) is 23.2 Å². The standard InChI is InChI=1S/C27H26ClN3O3/c1-3-10-22-25(27(33)34-4-2)24(19-13-8-9-14-21(19)28)20-17-31(30-26(20)29-22)23(32)16-15-18-11-6-5-7-12-18/h5-9,11-17,24H,3-4,10H2,1-2H3,(H,29,30). The molecule has 0 spiro atoms. The van der Waals surface area contributed by atoms with Gasteiger partial charge in [0.1, 0.15) is 0 Å². The maximum Gasteiger partial charge on any atom is 0.336 e. The van der Waals surface area contributed by atoms with E-state index in [2.05, 4.69) is 10.4 Å². The molecule has 4 rings (SSSR count). The molecule has 0 fully saturated rings. The molecule has 0 saturated heterocycles. The molecular formula is C27H26ClN3O3. The van der Waals surface area contributed by atoms with Crippen LogP contribution >= 0.6 is 11.6 Å². The number of halogens is 1. The van der Waals surface area contributed by atoms with Gasteiger partial charge >= 0.3 is 5.97 Å². The highest BCUT2D eigenvalue weighted by molar-refractivity contribution is 6.31. The van der Waals surface area contributed by atoms with Crippen molar-refractivity contribution in [2.24, 2.45) is 0 Å². The van der Waals surface area contributed by atoms with Crippen molar-refractivity contribution in [2.45, 2.75) is 32.6 Å². The Morgan fingerprint density at radius 3 is 2.53 bits per heavy atom. The summed E-state index contributed by atoms with van der Waals surface area (Å²) in [7, 11) is 0. The monoisotopic (exact) mass is 475 g/mol. The van der Waals surface area contributed by atoms with Gasteiger partial charge in [-0.25, -0.2) is 9.48 Å². The number of carbonyl (C=O) groups is 2. The Balaban J connectivity index is 1.79. The maximum atomic E-state index is 13.1. The molecule has 2 aromatic carbocycles. The summed E-state index contributed by atoms with van der Waals surface area (Å²) in [4.78, 5) is 26.0. The number of ether oxygens (including phenoxy) is 1. The average Bonchev–Trinajstić information content (AvgIpc) is 3.27. The number of hydrogen-bond donors (Lipinski definition) is 1. The molecule has 174 valence electrons. The van der Waals surface area contributed by atoms with Crippen LogP contribution in [0.5, 0.6) is 0 Å². The molecule has 0 bridgehead atoms. The van der Waals surface area contributed by atoms with Gasteiger partial charge in [0, 0.05) is 34.5 Å². The van der Waals surface area contributed by atoms with Gasteiger partial charge in [0.2, 0.25) is 0 Å². The van der Waals surface area contributed by atoms with Crippen LogP contribution in [0.15, 0.2) is 78.1 Å². The first-order valence-corrected chi connectivity index (χ1v) is 11.7. The van der Waals surface area contributed by atoms with Gasteiger partial charge in [0.15, 0.2) is 5.82 Å². The van der Waals surface area contributed by atoms with E-state index >= 15 is 0 Å². The first-order valence-electron chi connectivity index (χ1n) is 11.3. The lowest BCUT2D eigenvalue weighted by molar-refractivity contribution is -0.138. The van der Waals surface area contributed by atoms with Crippen LogP contribution in [0.3, 0.4) is 0 Å². The van der Waals surface area contributed by atoms with E-state index in [4.69, 9.17) is 16.3 Å². The number of benzene rings is 2. The molecule has 34 heavy (non-hydrogen) atoms. The molecule has 0 radical (unpaired) electrons. The highest BCUT2D eigenvalue weighted by atomic mass is 35.5. The molecule has 1 aromatic heterocycles. The Morgan fingerprint density at radius 2 is 1.82 bits per heavy atom. The minimum atomic E-state index is -0.509. The van der Waals surface area contributed by atoms with Crippen molar-refractivity contribution in [1.82, 2.24) is 9.78 Å². The number of nitrogens with zero attached hydrogens (tertiary/aromatic N) is 2. The first kappa shape index (κ1) is 23.5. The predicted octanol–water partition coefficient (Wildman–Crippen LogP) is 6.06. The summed E-state index contributed by atoms with van der Waals surface area (Å²) in [6.45, 7) is 4.07. The molecule has 1 atom stereocenters. The lowest BCUT2D eigenvalue weighted by atomic mass is 9.82. The lowest BCUT2D eigenvalue weighted by Crippen LogP contribution is -2.25. The normalized spacial score (nSPS) is 15.2. The van der Waals surface area contributed by atoms with Gasteiger partial charge in [-0.2, -0.15) is 0 Å². The maximum absolute atomic E-state index is 13.1. The molecule has 1 aliphatic rings. The molecule has 1 aliphatic heterocycles. The van der Waals surface area contributed by atoms with Crippen molar-refractivity contribution in [3.63, 3.8) is 0 Å². The summed E-state index contributed by atoms with van der Waals surface area (Å²) in [6.07, 6.45) is 6.33. The van der Waals surface area contributed by atoms with Crippen LogP contribution in [0.4, 0.5) is 5.82 Å². The van der Waals surface area contributed by atoms with Gasteiger partial charge in [-0.1, -0.05) is 73.5 Å². The Morgan fingerprint density at radius 1 is 1.09 bits per heavy atom. The van der Waals surface area contributed by atoms with E-state index in [1.165, 1.54) is 10.8 Å². The minimum Gasteiger partial charge on any atom is -0.463 e. The van der Waals surface area contributed by atoms with E-state index in [-0.39, 0.29) is 12.5 Å². The van der Waals surface area contributed by atoms with Crippen molar-refractivity contribution >= 4 is 35.4 Å². The van der Waals surface area contributed by atoms with Gasteiger partial charge in [-0.05, 0) is 36.6 Å². The number of nitrogens with one attached hydrogen (secondary N) is 1. The summed E-state index contributed by atoms with van der Waals surface area (Å²) < 4.78 is 6.71. The van der Waals surface area contributed by atoms with Crippen LogP contribution in [0.25, 0.3) is 6.08 Å². The highest BCUT2D eigenvalue weighted by Gasteiger charge is 2.37. The number of hydrogen-bond acceptors (Lipinski definition) is 5. The quantitative estimate of drug-likeness (QED) is 0.332. The summed E-state index contributed by atoms with van der Waals surface area (Å²) >= 11 is 6.58. The van der Waals surface area contributed by atoms with Gasteiger partial charge in [-0.15, -0.1) is 5.10 Å². The van der Waals surface area contributed by atoms with E-state index in [0.29, 0.717) is 28.4 Å². The van der Waals surface area contributed by atoms with Gasteiger partial charge in [0.25, 0.3) is 5.91 Å². The summed E-state index contributed by atoms with van der Waals surface area (Å²) in [6, 6.07) is 17.0. The smallest absolute Gasteiger partial charge is 0.336 e. The molecule has 0 amide bonds. The average molecular weight is 476 g/mol. The Labute approximate surface area is 203 Å². The van der Waals surface area contributed by atoms with Crippen molar-refractivity contribution in [1.29, 1.82) is 0 Å². The Kier molecular flexibility index (Phi) is 7.28. The van der Waals surface area contributed by atoms with Crippen molar-refractivity contribution in [3.8, 4) is 0 Å². The van der Waals surface area contributed by atoms with Crippen LogP contribution in [0.2, 0.25) is 5.02 Å². The fourth-order valence-electron chi connectivity index (χ4n) is 4.09. The number of fused-ring (bicyclic) bond motifs is 1. The fraction of sp³-hybridized carbons (Fsp3) is 0.222. The highest BCUT2D eigenvalue weighted by Crippen LogP contribution is 2.44. The van der Waals surface area contributed by atoms with Gasteiger partial charge < -0.3 is 10.1 Å². The van der Waals surface area contributed by atoms with E-state index in [9.17, 15) is 9.59 Å². The summed E-state index contributed by atoms with van der Waals surface area (Å²) in [5.74, 6) is -0.683. The Hall–Kier alpha value is -3.64. The molecule has 6 nitrogen and oxygen atoms in total. The van der Waals surface area contributed by atoms with Crippen molar-refractivity contribution in [2.75, 3.05) is 11.9 Å². The zero-order valence-electron chi connectivity index (χ0n) is 19.1. The third-order valence-electron chi connectivity index (χ3n) is 5.59. The van der Waals surface area contributed by atoms with E-state index in [1.807, 2.05) is 55.5 Å². The van der Waals surface area contributed by atoms with E-state index in [1.54, 1.807) is 25.3 Å². The molecule has 7 heteroatoms. The minimum absolute atomic E-state index is 0.256. The lowest BCUT2D eigenvalue weighted by Gasteiger charge is -2.28. The molecule has 2 heterocycles. The predicted molar refractivity (Wildman–Crippen MR) is 134 cm³/mol.